The van der Waals surface area contributed by atoms with E-state index in [2.05, 4.69) is 38.2 Å². The Hall–Kier alpha value is -2.40. The number of aromatic amines is 1. The molecule has 0 spiro atoms. The summed E-state index contributed by atoms with van der Waals surface area (Å²) < 4.78 is 0. The first-order valence-electron chi connectivity index (χ1n) is 8.22. The molecule has 5 nitrogen and oxygen atoms in total. The Morgan fingerprint density at radius 2 is 2.08 bits per heavy atom. The third-order valence-electron chi connectivity index (χ3n) is 4.13. The first-order chi connectivity index (χ1) is 12.0. The van der Waals surface area contributed by atoms with Crippen molar-refractivity contribution >= 4 is 17.4 Å². The number of halogens is 1. The lowest BCUT2D eigenvalue weighted by atomic mass is 10.1. The first-order valence-corrected chi connectivity index (χ1v) is 8.60. The second-order valence-corrected chi connectivity index (χ2v) is 6.14. The molecule has 0 saturated carbocycles. The summed E-state index contributed by atoms with van der Waals surface area (Å²) >= 11 is 6.10. The van der Waals surface area contributed by atoms with Crippen LogP contribution in [0.5, 0.6) is 0 Å². The van der Waals surface area contributed by atoms with Gasteiger partial charge in [0.05, 0.1) is 6.20 Å². The van der Waals surface area contributed by atoms with Crippen LogP contribution < -0.4 is 4.90 Å². The number of aryl methyl sites for hydroxylation is 1. The quantitative estimate of drug-likeness (QED) is 0.539. The van der Waals surface area contributed by atoms with Gasteiger partial charge in [-0.05, 0) is 49.4 Å². The van der Waals surface area contributed by atoms with Crippen molar-refractivity contribution < 1.29 is 0 Å². The number of aromatic nitrogens is 4. The van der Waals surface area contributed by atoms with Gasteiger partial charge in [0.2, 0.25) is 5.28 Å². The topological polar surface area (TPSA) is 57.7 Å². The van der Waals surface area contributed by atoms with E-state index in [1.54, 1.807) is 6.08 Å². The number of rotatable bonds is 9. The van der Waals surface area contributed by atoms with Crippen molar-refractivity contribution in [1.82, 2.24) is 20.2 Å². The van der Waals surface area contributed by atoms with Crippen LogP contribution in [0.3, 0.4) is 0 Å². The number of allylic oxidation sites excluding steroid dienone is 3. The van der Waals surface area contributed by atoms with Crippen molar-refractivity contribution in [1.29, 1.82) is 0 Å². The maximum absolute atomic E-state index is 6.10. The molecule has 0 atom stereocenters. The molecule has 0 radical (unpaired) electrons. The van der Waals surface area contributed by atoms with E-state index in [0.717, 1.165) is 54.1 Å². The minimum absolute atomic E-state index is 0.275. The lowest BCUT2D eigenvalue weighted by Gasteiger charge is -2.26. The SMILES string of the molecule is C=C/C=C(\C=C)CCN(CCc1cn[nH]c1)c1nc(Cl)nc(C)c1C. The Morgan fingerprint density at radius 1 is 1.28 bits per heavy atom. The van der Waals surface area contributed by atoms with Crippen LogP contribution in [0.1, 0.15) is 23.2 Å². The lowest BCUT2D eigenvalue weighted by Crippen LogP contribution is -2.29. The monoisotopic (exact) mass is 357 g/mol. The molecule has 0 aliphatic heterocycles. The molecule has 2 aromatic rings. The summed E-state index contributed by atoms with van der Waals surface area (Å²) in [6.45, 7) is 13.2. The fraction of sp³-hybridized carbons (Fsp3) is 0.316. The summed E-state index contributed by atoms with van der Waals surface area (Å²) in [6.07, 6.45) is 11.1. The van der Waals surface area contributed by atoms with Gasteiger partial charge in [-0.1, -0.05) is 31.4 Å². The van der Waals surface area contributed by atoms with E-state index >= 15 is 0 Å². The molecule has 2 aromatic heterocycles. The number of hydrogen-bond acceptors (Lipinski definition) is 4. The Balaban J connectivity index is 2.23. The first kappa shape index (κ1) is 18.9. The number of anilines is 1. The Bertz CT molecular complexity index is 749. The number of hydrogen-bond donors (Lipinski definition) is 1. The van der Waals surface area contributed by atoms with Crippen molar-refractivity contribution in [2.75, 3.05) is 18.0 Å². The smallest absolute Gasteiger partial charge is 0.224 e. The molecule has 1 N–H and O–H groups in total. The number of H-pyrrole nitrogens is 1. The number of nitrogens with zero attached hydrogens (tertiary/aromatic N) is 4. The average Bonchev–Trinajstić information content (AvgIpc) is 3.10. The standard InChI is InChI=1S/C19H24ClN5/c1-5-7-16(6-2)8-10-25(11-9-17-12-21-22-13-17)18-14(3)15(4)23-19(20)24-18/h5-7,12-13H,1-2,8-11H2,3-4H3,(H,21,22)/b16-7+. The van der Waals surface area contributed by atoms with Gasteiger partial charge >= 0.3 is 0 Å². The molecule has 0 aliphatic rings. The minimum Gasteiger partial charge on any atom is -0.356 e. The summed E-state index contributed by atoms with van der Waals surface area (Å²) in [5, 5.41) is 7.13. The highest BCUT2D eigenvalue weighted by atomic mass is 35.5. The molecule has 0 bridgehead atoms. The zero-order chi connectivity index (χ0) is 18.2. The number of nitrogens with one attached hydrogen (secondary N) is 1. The second kappa shape index (κ2) is 9.18. The molecule has 6 heteroatoms. The molecular formula is C19H24ClN5. The molecule has 2 heterocycles. The van der Waals surface area contributed by atoms with E-state index < -0.39 is 0 Å². The summed E-state index contributed by atoms with van der Waals surface area (Å²) in [5.74, 6) is 0.878. The molecule has 132 valence electrons. The van der Waals surface area contributed by atoms with Gasteiger partial charge in [-0.15, -0.1) is 0 Å². The molecule has 25 heavy (non-hydrogen) atoms. The van der Waals surface area contributed by atoms with Gasteiger partial charge < -0.3 is 4.90 Å². The van der Waals surface area contributed by atoms with Crippen molar-refractivity contribution in [3.05, 3.63) is 71.5 Å². The summed E-state index contributed by atoms with van der Waals surface area (Å²) in [7, 11) is 0. The molecule has 0 aliphatic carbocycles. The third kappa shape index (κ3) is 5.29. The highest BCUT2D eigenvalue weighted by Gasteiger charge is 2.15. The van der Waals surface area contributed by atoms with Crippen LogP contribution in [0.15, 0.2) is 49.4 Å². The Morgan fingerprint density at radius 3 is 2.72 bits per heavy atom. The van der Waals surface area contributed by atoms with Crippen molar-refractivity contribution in [2.24, 2.45) is 0 Å². The highest BCUT2D eigenvalue weighted by Crippen LogP contribution is 2.23. The summed E-state index contributed by atoms with van der Waals surface area (Å²) in [4.78, 5) is 11.0. The van der Waals surface area contributed by atoms with Crippen molar-refractivity contribution in [2.45, 2.75) is 26.7 Å². The van der Waals surface area contributed by atoms with Crippen LogP contribution in [0, 0.1) is 13.8 Å². The van der Waals surface area contributed by atoms with Gasteiger partial charge in [0.15, 0.2) is 0 Å². The van der Waals surface area contributed by atoms with Crippen LogP contribution in [0.4, 0.5) is 5.82 Å². The molecular weight excluding hydrogens is 334 g/mol. The maximum Gasteiger partial charge on any atom is 0.224 e. The van der Waals surface area contributed by atoms with E-state index in [9.17, 15) is 0 Å². The largest absolute Gasteiger partial charge is 0.356 e. The van der Waals surface area contributed by atoms with Gasteiger partial charge in [0, 0.05) is 30.5 Å². The predicted molar refractivity (Wildman–Crippen MR) is 104 cm³/mol. The second-order valence-electron chi connectivity index (χ2n) is 5.80. The highest BCUT2D eigenvalue weighted by molar-refractivity contribution is 6.28. The van der Waals surface area contributed by atoms with E-state index in [1.807, 2.05) is 38.4 Å². The van der Waals surface area contributed by atoms with E-state index in [4.69, 9.17) is 11.6 Å². The fourth-order valence-corrected chi connectivity index (χ4v) is 2.77. The van der Waals surface area contributed by atoms with Crippen LogP contribution >= 0.6 is 11.6 Å². The third-order valence-corrected chi connectivity index (χ3v) is 4.29. The van der Waals surface area contributed by atoms with E-state index in [-0.39, 0.29) is 5.28 Å². The van der Waals surface area contributed by atoms with Crippen molar-refractivity contribution in [3.8, 4) is 0 Å². The summed E-state index contributed by atoms with van der Waals surface area (Å²) in [6, 6.07) is 0. The van der Waals surface area contributed by atoms with Crippen LogP contribution in [-0.2, 0) is 6.42 Å². The lowest BCUT2D eigenvalue weighted by molar-refractivity contribution is 0.751. The molecule has 0 aromatic carbocycles. The van der Waals surface area contributed by atoms with Crippen LogP contribution in [0.2, 0.25) is 5.28 Å². The van der Waals surface area contributed by atoms with E-state index in [1.165, 1.54) is 0 Å². The fourth-order valence-electron chi connectivity index (χ4n) is 2.56. The normalized spacial score (nSPS) is 11.4. The Labute approximate surface area is 154 Å². The molecule has 0 unspecified atom stereocenters. The van der Waals surface area contributed by atoms with Gasteiger partial charge in [0.1, 0.15) is 5.82 Å². The Kier molecular flexibility index (Phi) is 6.95. The zero-order valence-electron chi connectivity index (χ0n) is 14.8. The zero-order valence-corrected chi connectivity index (χ0v) is 15.6. The van der Waals surface area contributed by atoms with Crippen LogP contribution in [0.25, 0.3) is 0 Å². The van der Waals surface area contributed by atoms with Gasteiger partial charge in [-0.2, -0.15) is 5.10 Å². The molecule has 0 amide bonds. The van der Waals surface area contributed by atoms with Gasteiger partial charge in [-0.3, -0.25) is 5.10 Å². The minimum atomic E-state index is 0.275. The summed E-state index contributed by atoms with van der Waals surface area (Å²) in [5.41, 5.74) is 4.24. The maximum atomic E-state index is 6.10. The van der Waals surface area contributed by atoms with Crippen molar-refractivity contribution in [3.63, 3.8) is 0 Å². The van der Waals surface area contributed by atoms with Crippen LogP contribution in [-0.4, -0.2) is 33.3 Å². The average molecular weight is 358 g/mol. The van der Waals surface area contributed by atoms with Gasteiger partial charge in [0.25, 0.3) is 0 Å². The van der Waals surface area contributed by atoms with Gasteiger partial charge in [-0.25, -0.2) is 9.97 Å². The molecule has 2 rings (SSSR count). The molecule has 0 saturated heterocycles. The predicted octanol–water partition coefficient (Wildman–Crippen LogP) is 4.21. The van der Waals surface area contributed by atoms with E-state index in [0.29, 0.717) is 0 Å². The molecule has 0 fully saturated rings.